The van der Waals surface area contributed by atoms with Crippen molar-refractivity contribution in [3.8, 4) is 0 Å². The maximum absolute atomic E-state index is 12.8. The van der Waals surface area contributed by atoms with Gasteiger partial charge in [-0.05, 0) is 44.0 Å². The minimum absolute atomic E-state index is 0. The zero-order valence-electron chi connectivity index (χ0n) is 9.24. The van der Waals surface area contributed by atoms with Crippen LogP contribution in [-0.4, -0.2) is 17.8 Å². The molecule has 1 saturated heterocycles. The number of piperidine rings is 1. The summed E-state index contributed by atoms with van der Waals surface area (Å²) in [6, 6.07) is 6.48. The van der Waals surface area contributed by atoms with Crippen molar-refractivity contribution in [1.82, 2.24) is 5.32 Å². The first-order valence-electron chi connectivity index (χ1n) is 5.29. The molecule has 2 unspecified atom stereocenters. The van der Waals surface area contributed by atoms with Gasteiger partial charge in [-0.25, -0.2) is 4.39 Å². The predicted octanol–water partition coefficient (Wildman–Crippen LogP) is 2.21. The number of hydrogen-bond acceptors (Lipinski definition) is 2. The molecule has 1 aliphatic heterocycles. The molecule has 0 spiro atoms. The van der Waals surface area contributed by atoms with Crippen molar-refractivity contribution in [1.29, 1.82) is 0 Å². The first-order valence-corrected chi connectivity index (χ1v) is 5.29. The van der Waals surface area contributed by atoms with Gasteiger partial charge in [-0.3, -0.25) is 0 Å². The summed E-state index contributed by atoms with van der Waals surface area (Å²) in [6.07, 6.45) is 1.20. The lowest BCUT2D eigenvalue weighted by molar-refractivity contribution is 0.0835. The summed E-state index contributed by atoms with van der Waals surface area (Å²) < 4.78 is 12.8. The molecular formula is C12H17ClFNO. The van der Waals surface area contributed by atoms with E-state index in [2.05, 4.69) is 5.32 Å². The Balaban J connectivity index is 0.00000128. The summed E-state index contributed by atoms with van der Waals surface area (Å²) in [5.74, 6) is -0.223. The van der Waals surface area contributed by atoms with Crippen LogP contribution in [0.4, 0.5) is 4.39 Å². The van der Waals surface area contributed by atoms with Crippen LogP contribution < -0.4 is 5.32 Å². The van der Waals surface area contributed by atoms with Crippen LogP contribution in [0.1, 0.15) is 25.3 Å². The van der Waals surface area contributed by atoms with E-state index in [0.29, 0.717) is 6.42 Å². The van der Waals surface area contributed by atoms with Gasteiger partial charge in [0.25, 0.3) is 0 Å². The molecule has 1 aromatic rings. The van der Waals surface area contributed by atoms with E-state index in [1.165, 1.54) is 12.1 Å². The van der Waals surface area contributed by atoms with Gasteiger partial charge in [0.1, 0.15) is 5.82 Å². The molecule has 1 aliphatic rings. The van der Waals surface area contributed by atoms with Gasteiger partial charge in [0.2, 0.25) is 0 Å². The quantitative estimate of drug-likeness (QED) is 0.795. The molecule has 2 atom stereocenters. The summed E-state index contributed by atoms with van der Waals surface area (Å²) in [4.78, 5) is 0. The van der Waals surface area contributed by atoms with Crippen LogP contribution in [0.25, 0.3) is 0 Å². The van der Waals surface area contributed by atoms with Crippen LogP contribution >= 0.6 is 12.4 Å². The maximum Gasteiger partial charge on any atom is 0.123 e. The number of nitrogens with one attached hydrogen (secondary N) is 1. The molecule has 2 nitrogen and oxygen atoms in total. The lowest BCUT2D eigenvalue weighted by Gasteiger charge is -2.38. The molecule has 2 N–H and O–H groups in total. The van der Waals surface area contributed by atoms with Crippen LogP contribution in [-0.2, 0) is 5.54 Å². The third kappa shape index (κ3) is 2.73. The standard InChI is InChI=1S/C12H16FNO.ClH/c1-12(8-11(15)6-7-14-12)9-2-4-10(13)5-3-9;/h2-5,11,14-15H,6-8H2,1H3;1H. The molecule has 0 aromatic heterocycles. The zero-order chi connectivity index (χ0) is 10.9. The molecule has 0 bridgehead atoms. The van der Waals surface area contributed by atoms with Gasteiger partial charge in [0.05, 0.1) is 6.10 Å². The monoisotopic (exact) mass is 245 g/mol. The average molecular weight is 246 g/mol. The largest absolute Gasteiger partial charge is 0.393 e. The number of halogens is 2. The van der Waals surface area contributed by atoms with Crippen molar-refractivity contribution in [2.75, 3.05) is 6.54 Å². The first-order chi connectivity index (χ1) is 7.10. The zero-order valence-corrected chi connectivity index (χ0v) is 10.1. The molecule has 16 heavy (non-hydrogen) atoms. The molecule has 1 aromatic carbocycles. The molecule has 1 heterocycles. The van der Waals surface area contributed by atoms with E-state index in [9.17, 15) is 9.50 Å². The summed E-state index contributed by atoms with van der Waals surface area (Å²) in [7, 11) is 0. The summed E-state index contributed by atoms with van der Waals surface area (Å²) in [5.41, 5.74) is 0.799. The molecule has 90 valence electrons. The van der Waals surface area contributed by atoms with Gasteiger partial charge >= 0.3 is 0 Å². The fourth-order valence-corrected chi connectivity index (χ4v) is 2.20. The van der Waals surface area contributed by atoms with Crippen molar-refractivity contribution in [3.05, 3.63) is 35.6 Å². The molecule has 0 amide bonds. The number of aliphatic hydroxyl groups excluding tert-OH is 1. The molecule has 0 aliphatic carbocycles. The molecular weight excluding hydrogens is 229 g/mol. The van der Waals surface area contributed by atoms with Gasteiger partial charge in [-0.2, -0.15) is 0 Å². The fraction of sp³-hybridized carbons (Fsp3) is 0.500. The van der Waals surface area contributed by atoms with Crippen LogP contribution in [0.2, 0.25) is 0 Å². The summed E-state index contributed by atoms with van der Waals surface area (Å²) in [6.45, 7) is 2.84. The lowest BCUT2D eigenvalue weighted by Crippen LogP contribution is -2.47. The second-order valence-corrected chi connectivity index (χ2v) is 4.41. The minimum atomic E-state index is -0.263. The van der Waals surface area contributed by atoms with Crippen molar-refractivity contribution in [2.24, 2.45) is 0 Å². The Morgan fingerprint density at radius 1 is 1.38 bits per heavy atom. The highest BCUT2D eigenvalue weighted by atomic mass is 35.5. The van der Waals surface area contributed by atoms with Crippen LogP contribution in [0.3, 0.4) is 0 Å². The third-order valence-corrected chi connectivity index (χ3v) is 3.12. The van der Waals surface area contributed by atoms with Crippen molar-refractivity contribution in [2.45, 2.75) is 31.4 Å². The Morgan fingerprint density at radius 3 is 2.56 bits per heavy atom. The van der Waals surface area contributed by atoms with Gasteiger partial charge < -0.3 is 10.4 Å². The topological polar surface area (TPSA) is 32.3 Å². The number of rotatable bonds is 1. The first kappa shape index (κ1) is 13.4. The smallest absolute Gasteiger partial charge is 0.123 e. The van der Waals surface area contributed by atoms with Gasteiger partial charge in [0, 0.05) is 5.54 Å². The SMILES string of the molecule is CC1(c2ccc(F)cc2)CC(O)CCN1.Cl. The summed E-state index contributed by atoms with van der Waals surface area (Å²) >= 11 is 0. The van der Waals surface area contributed by atoms with Gasteiger partial charge in [-0.1, -0.05) is 12.1 Å². The third-order valence-electron chi connectivity index (χ3n) is 3.12. The Bertz CT molecular complexity index is 343. The van der Waals surface area contributed by atoms with Crippen LogP contribution in [0.5, 0.6) is 0 Å². The van der Waals surface area contributed by atoms with E-state index in [4.69, 9.17) is 0 Å². The Morgan fingerprint density at radius 2 is 2.00 bits per heavy atom. The van der Waals surface area contributed by atoms with E-state index < -0.39 is 0 Å². The predicted molar refractivity (Wildman–Crippen MR) is 64.2 cm³/mol. The molecule has 2 rings (SSSR count). The highest BCUT2D eigenvalue weighted by Crippen LogP contribution is 2.29. The number of aliphatic hydroxyl groups is 1. The molecule has 4 heteroatoms. The Kier molecular flexibility index (Phi) is 4.30. The lowest BCUT2D eigenvalue weighted by atomic mass is 9.83. The van der Waals surface area contributed by atoms with Crippen molar-refractivity contribution in [3.63, 3.8) is 0 Å². The second-order valence-electron chi connectivity index (χ2n) is 4.41. The highest BCUT2D eigenvalue weighted by Gasteiger charge is 2.32. The Hall–Kier alpha value is -0.640. The molecule has 0 radical (unpaired) electrons. The molecule has 1 fully saturated rings. The van der Waals surface area contributed by atoms with E-state index in [1.54, 1.807) is 12.1 Å². The molecule has 0 saturated carbocycles. The van der Waals surface area contributed by atoms with Crippen molar-refractivity contribution >= 4 is 12.4 Å². The summed E-state index contributed by atoms with van der Waals surface area (Å²) in [5, 5.41) is 13.0. The van der Waals surface area contributed by atoms with E-state index in [0.717, 1.165) is 18.5 Å². The highest BCUT2D eigenvalue weighted by molar-refractivity contribution is 5.85. The van der Waals surface area contributed by atoms with Crippen LogP contribution in [0, 0.1) is 5.82 Å². The Labute approximate surface area is 101 Å². The van der Waals surface area contributed by atoms with Crippen LogP contribution in [0.15, 0.2) is 24.3 Å². The maximum atomic E-state index is 12.8. The number of benzene rings is 1. The van der Waals surface area contributed by atoms with E-state index in [1.807, 2.05) is 6.92 Å². The van der Waals surface area contributed by atoms with E-state index >= 15 is 0 Å². The fourth-order valence-electron chi connectivity index (χ4n) is 2.20. The van der Waals surface area contributed by atoms with Gasteiger partial charge in [0.15, 0.2) is 0 Å². The normalized spacial score (nSPS) is 29.6. The van der Waals surface area contributed by atoms with E-state index in [-0.39, 0.29) is 29.9 Å². The van der Waals surface area contributed by atoms with Crippen molar-refractivity contribution < 1.29 is 9.50 Å². The minimum Gasteiger partial charge on any atom is -0.393 e. The van der Waals surface area contributed by atoms with Gasteiger partial charge in [-0.15, -0.1) is 12.4 Å². The number of hydrogen-bond donors (Lipinski definition) is 2. The average Bonchev–Trinajstić information content (AvgIpc) is 2.18. The second kappa shape index (κ2) is 5.13.